The molecule has 2 aromatic rings. The summed E-state index contributed by atoms with van der Waals surface area (Å²) in [6.45, 7) is 3.00. The average molecular weight is 307 g/mol. The van der Waals surface area contributed by atoms with Gasteiger partial charge in [0.25, 0.3) is 0 Å². The number of carbonyl (C=O) groups is 1. The van der Waals surface area contributed by atoms with Crippen LogP contribution in [0.1, 0.15) is 34.2 Å². The molecule has 4 nitrogen and oxygen atoms in total. The molecule has 0 bridgehead atoms. The Morgan fingerprint density at radius 1 is 1.13 bits per heavy atom. The summed E-state index contributed by atoms with van der Waals surface area (Å²) in [5, 5.41) is 3.00. The second kappa shape index (κ2) is 5.80. The van der Waals surface area contributed by atoms with Crippen molar-refractivity contribution in [2.75, 3.05) is 19.6 Å². The first-order valence-electron chi connectivity index (χ1n) is 8.17. The Morgan fingerprint density at radius 3 is 2.74 bits per heavy atom. The smallest absolute Gasteiger partial charge is 0.242 e. The van der Waals surface area contributed by atoms with Gasteiger partial charge in [-0.05, 0) is 22.3 Å². The highest BCUT2D eigenvalue weighted by Crippen LogP contribution is 2.40. The van der Waals surface area contributed by atoms with Gasteiger partial charge in [-0.3, -0.25) is 9.69 Å². The molecule has 0 radical (unpaired) electrons. The number of nitrogens with zero attached hydrogens (tertiary/aromatic N) is 1. The molecule has 0 spiro atoms. The number of fused-ring (bicyclic) bond motifs is 3. The Hall–Kier alpha value is -2.17. The molecule has 4 rings (SSSR count). The second-order valence-electron chi connectivity index (χ2n) is 6.32. The van der Waals surface area contributed by atoms with E-state index in [9.17, 15) is 4.79 Å². The zero-order valence-corrected chi connectivity index (χ0v) is 13.0. The van der Waals surface area contributed by atoms with E-state index in [2.05, 4.69) is 52.7 Å². The van der Waals surface area contributed by atoms with Crippen LogP contribution in [-0.2, 0) is 11.3 Å². The molecule has 2 aliphatic rings. The lowest BCUT2D eigenvalue weighted by Crippen LogP contribution is -2.53. The van der Waals surface area contributed by atoms with E-state index < -0.39 is 0 Å². The lowest BCUT2D eigenvalue weighted by molar-refractivity contribution is -0.129. The van der Waals surface area contributed by atoms with Gasteiger partial charge in [-0.1, -0.05) is 48.5 Å². The molecule has 0 unspecified atom stereocenters. The molecule has 2 aliphatic heterocycles. The molecule has 118 valence electrons. The van der Waals surface area contributed by atoms with Crippen LogP contribution < -0.4 is 11.1 Å². The predicted molar refractivity (Wildman–Crippen MR) is 89.9 cm³/mol. The van der Waals surface area contributed by atoms with Gasteiger partial charge in [0.15, 0.2) is 0 Å². The molecular weight excluding hydrogens is 286 g/mol. The van der Waals surface area contributed by atoms with E-state index in [1.165, 1.54) is 11.1 Å². The standard InChI is InChI=1S/C19H21N3O/c20-11-13-6-7-15-16(10-13)18-19(23)21-8-9-22(18)12-17(15)14-4-2-1-3-5-14/h1-7,10,17-18H,8-9,11-12,20H2,(H,21,23)/t17-,18-/m0/s1. The van der Waals surface area contributed by atoms with E-state index in [4.69, 9.17) is 5.73 Å². The molecule has 3 N–H and O–H groups in total. The topological polar surface area (TPSA) is 58.4 Å². The molecule has 0 saturated carbocycles. The van der Waals surface area contributed by atoms with E-state index >= 15 is 0 Å². The fourth-order valence-electron chi connectivity index (χ4n) is 3.86. The number of rotatable bonds is 2. The molecule has 1 amide bonds. The maximum atomic E-state index is 12.5. The Morgan fingerprint density at radius 2 is 1.96 bits per heavy atom. The quantitative estimate of drug-likeness (QED) is 0.889. The summed E-state index contributed by atoms with van der Waals surface area (Å²) in [4.78, 5) is 14.8. The highest BCUT2D eigenvalue weighted by molar-refractivity contribution is 5.85. The van der Waals surface area contributed by atoms with Crippen molar-refractivity contribution in [1.82, 2.24) is 10.2 Å². The summed E-state index contributed by atoms with van der Waals surface area (Å²) in [5.74, 6) is 0.415. The molecule has 0 aliphatic carbocycles. The Labute approximate surface area is 136 Å². The maximum absolute atomic E-state index is 12.5. The summed E-state index contributed by atoms with van der Waals surface area (Å²) in [7, 11) is 0. The third kappa shape index (κ3) is 2.44. The van der Waals surface area contributed by atoms with Gasteiger partial charge in [0.1, 0.15) is 6.04 Å². The van der Waals surface area contributed by atoms with Crippen molar-refractivity contribution >= 4 is 5.91 Å². The van der Waals surface area contributed by atoms with Crippen molar-refractivity contribution in [3.63, 3.8) is 0 Å². The normalized spacial score (nSPS) is 23.8. The van der Waals surface area contributed by atoms with Crippen LogP contribution in [0.15, 0.2) is 48.5 Å². The first-order valence-corrected chi connectivity index (χ1v) is 8.17. The third-order valence-corrected chi connectivity index (χ3v) is 4.99. The van der Waals surface area contributed by atoms with E-state index in [0.29, 0.717) is 12.5 Å². The number of nitrogens with two attached hydrogens (primary N) is 1. The highest BCUT2D eigenvalue weighted by Gasteiger charge is 2.39. The molecule has 1 saturated heterocycles. The number of benzene rings is 2. The summed E-state index contributed by atoms with van der Waals surface area (Å²) in [5.41, 5.74) is 10.6. The minimum Gasteiger partial charge on any atom is -0.353 e. The molecule has 2 heterocycles. The van der Waals surface area contributed by atoms with Gasteiger partial charge in [-0.2, -0.15) is 0 Å². The van der Waals surface area contributed by atoms with Crippen LogP contribution >= 0.6 is 0 Å². The van der Waals surface area contributed by atoms with Crippen LogP contribution in [0.4, 0.5) is 0 Å². The third-order valence-electron chi connectivity index (χ3n) is 4.99. The van der Waals surface area contributed by atoms with Gasteiger partial charge in [0.05, 0.1) is 0 Å². The van der Waals surface area contributed by atoms with Crippen LogP contribution in [0.2, 0.25) is 0 Å². The summed E-state index contributed by atoms with van der Waals surface area (Å²) in [6.07, 6.45) is 0. The molecule has 4 heteroatoms. The van der Waals surface area contributed by atoms with Gasteiger partial charge < -0.3 is 11.1 Å². The molecule has 23 heavy (non-hydrogen) atoms. The first-order chi connectivity index (χ1) is 11.3. The number of piperazine rings is 1. The lowest BCUT2D eigenvalue weighted by atomic mass is 9.80. The summed E-state index contributed by atoms with van der Waals surface area (Å²) in [6, 6.07) is 16.8. The average Bonchev–Trinajstić information content (AvgIpc) is 2.61. The van der Waals surface area contributed by atoms with Gasteiger partial charge in [-0.15, -0.1) is 0 Å². The number of hydrogen-bond donors (Lipinski definition) is 2. The maximum Gasteiger partial charge on any atom is 0.242 e. The second-order valence-corrected chi connectivity index (χ2v) is 6.32. The Bertz CT molecular complexity index is 729. The minimum atomic E-state index is -0.176. The zero-order valence-electron chi connectivity index (χ0n) is 13.0. The predicted octanol–water partition coefficient (Wildman–Crippen LogP) is 1.76. The van der Waals surface area contributed by atoms with Crippen LogP contribution in [0.5, 0.6) is 0 Å². The van der Waals surface area contributed by atoms with Crippen molar-refractivity contribution in [3.8, 4) is 0 Å². The Kier molecular flexibility index (Phi) is 3.63. The fraction of sp³-hybridized carbons (Fsp3) is 0.316. The van der Waals surface area contributed by atoms with Crippen molar-refractivity contribution in [2.24, 2.45) is 5.73 Å². The summed E-state index contributed by atoms with van der Waals surface area (Å²) < 4.78 is 0. The van der Waals surface area contributed by atoms with Crippen molar-refractivity contribution in [3.05, 3.63) is 70.8 Å². The van der Waals surface area contributed by atoms with Crippen LogP contribution in [0.25, 0.3) is 0 Å². The molecule has 0 aromatic heterocycles. The summed E-state index contributed by atoms with van der Waals surface area (Å²) >= 11 is 0. The molecular formula is C19H21N3O. The number of amides is 1. The van der Waals surface area contributed by atoms with Gasteiger partial charge >= 0.3 is 0 Å². The van der Waals surface area contributed by atoms with Gasteiger partial charge in [0, 0.05) is 32.1 Å². The first kappa shape index (κ1) is 14.4. The SMILES string of the molecule is NCc1ccc2c(c1)[C@H]1C(=O)NCCN1C[C@H]2c1ccccc1. The minimum absolute atomic E-state index is 0.109. The fourth-order valence-corrected chi connectivity index (χ4v) is 3.86. The van der Waals surface area contributed by atoms with Crippen LogP contribution in [-0.4, -0.2) is 30.4 Å². The molecule has 2 atom stereocenters. The van der Waals surface area contributed by atoms with E-state index in [0.717, 1.165) is 30.8 Å². The van der Waals surface area contributed by atoms with E-state index in [1.807, 2.05) is 6.07 Å². The highest BCUT2D eigenvalue weighted by atomic mass is 16.2. The van der Waals surface area contributed by atoms with Crippen LogP contribution in [0, 0.1) is 0 Å². The van der Waals surface area contributed by atoms with Crippen molar-refractivity contribution in [2.45, 2.75) is 18.5 Å². The van der Waals surface area contributed by atoms with Gasteiger partial charge in [-0.25, -0.2) is 0 Å². The van der Waals surface area contributed by atoms with E-state index in [-0.39, 0.29) is 11.9 Å². The monoisotopic (exact) mass is 307 g/mol. The van der Waals surface area contributed by atoms with Crippen molar-refractivity contribution < 1.29 is 4.79 Å². The zero-order chi connectivity index (χ0) is 15.8. The van der Waals surface area contributed by atoms with E-state index in [1.54, 1.807) is 0 Å². The molecule has 2 aromatic carbocycles. The van der Waals surface area contributed by atoms with Gasteiger partial charge in [0.2, 0.25) is 5.91 Å². The van der Waals surface area contributed by atoms with Crippen LogP contribution in [0.3, 0.4) is 0 Å². The number of hydrogen-bond acceptors (Lipinski definition) is 3. The molecule has 1 fully saturated rings. The largest absolute Gasteiger partial charge is 0.353 e. The lowest BCUT2D eigenvalue weighted by Gasteiger charge is -2.43. The van der Waals surface area contributed by atoms with Crippen molar-refractivity contribution in [1.29, 1.82) is 0 Å². The Balaban J connectivity index is 1.85. The number of carbonyl (C=O) groups excluding carboxylic acids is 1. The number of nitrogens with one attached hydrogen (secondary N) is 1.